The van der Waals surface area contributed by atoms with Crippen LogP contribution in [0.15, 0.2) is 54.6 Å². The van der Waals surface area contributed by atoms with Crippen molar-refractivity contribution in [2.75, 3.05) is 32.1 Å². The molecule has 0 bridgehead atoms. The van der Waals surface area contributed by atoms with Gasteiger partial charge in [-0.25, -0.2) is 4.31 Å². The lowest BCUT2D eigenvalue weighted by Gasteiger charge is -2.27. The number of hydrogen-bond donors (Lipinski definition) is 1. The van der Waals surface area contributed by atoms with Crippen molar-refractivity contribution >= 4 is 21.8 Å². The summed E-state index contributed by atoms with van der Waals surface area (Å²) in [5.41, 5.74) is 1.24. The quantitative estimate of drug-likeness (QED) is 0.748. The van der Waals surface area contributed by atoms with E-state index in [4.69, 9.17) is 4.74 Å². The molecule has 0 saturated carbocycles. The van der Waals surface area contributed by atoms with E-state index in [9.17, 15) is 13.2 Å². The first-order valence-electron chi connectivity index (χ1n) is 8.45. The highest BCUT2D eigenvalue weighted by Crippen LogP contribution is 2.24. The van der Waals surface area contributed by atoms with Gasteiger partial charge >= 0.3 is 10.2 Å². The Bertz CT molecular complexity index is 870. The Morgan fingerprint density at radius 1 is 1.07 bits per heavy atom. The van der Waals surface area contributed by atoms with E-state index in [1.807, 2.05) is 31.2 Å². The molecule has 0 aliphatic carbocycles. The van der Waals surface area contributed by atoms with Crippen LogP contribution in [0.2, 0.25) is 0 Å². The predicted octanol–water partition coefficient (Wildman–Crippen LogP) is 2.19. The minimum absolute atomic E-state index is 0.329. The Kier molecular flexibility index (Phi) is 6.81. The third-order valence-electron chi connectivity index (χ3n) is 4.05. The lowest BCUT2D eigenvalue weighted by Crippen LogP contribution is -2.46. The highest BCUT2D eigenvalue weighted by molar-refractivity contribution is 7.90. The molecule has 27 heavy (non-hydrogen) atoms. The van der Waals surface area contributed by atoms with Crippen molar-refractivity contribution in [2.45, 2.75) is 13.0 Å². The van der Waals surface area contributed by atoms with Crippen molar-refractivity contribution in [1.82, 2.24) is 9.62 Å². The lowest BCUT2D eigenvalue weighted by molar-refractivity contribution is -0.120. The molecule has 146 valence electrons. The molecule has 0 aliphatic heterocycles. The topological polar surface area (TPSA) is 79.0 Å². The Labute approximate surface area is 160 Å². The summed E-state index contributed by atoms with van der Waals surface area (Å²) < 4.78 is 32.8. The molecule has 0 heterocycles. The Morgan fingerprint density at radius 2 is 1.67 bits per heavy atom. The molecule has 0 saturated heterocycles. The van der Waals surface area contributed by atoms with Gasteiger partial charge in [0.25, 0.3) is 0 Å². The number of carbonyl (C=O) groups is 1. The number of rotatable bonds is 8. The van der Waals surface area contributed by atoms with E-state index in [0.717, 1.165) is 14.2 Å². The molecule has 0 aliphatic rings. The molecule has 0 fully saturated rings. The maximum absolute atomic E-state index is 12.7. The van der Waals surface area contributed by atoms with Crippen LogP contribution in [0.3, 0.4) is 0 Å². The SMILES string of the molecule is COc1ccccc1[C@@H](C)NC(=O)CN(c1ccccc1)S(=O)(=O)N(C)C. The van der Waals surface area contributed by atoms with E-state index in [0.29, 0.717) is 11.4 Å². The molecule has 2 aromatic rings. The number of benzene rings is 2. The van der Waals surface area contributed by atoms with Gasteiger partial charge in [0.2, 0.25) is 5.91 Å². The number of ether oxygens (including phenoxy) is 1. The molecule has 1 amide bonds. The van der Waals surface area contributed by atoms with E-state index in [2.05, 4.69) is 5.32 Å². The van der Waals surface area contributed by atoms with Gasteiger partial charge in [0.1, 0.15) is 12.3 Å². The summed E-state index contributed by atoms with van der Waals surface area (Å²) in [5, 5.41) is 2.84. The van der Waals surface area contributed by atoms with Crippen LogP contribution in [0, 0.1) is 0 Å². The van der Waals surface area contributed by atoms with Gasteiger partial charge in [0, 0.05) is 19.7 Å². The normalized spacial score (nSPS) is 12.5. The predicted molar refractivity (Wildman–Crippen MR) is 106 cm³/mol. The van der Waals surface area contributed by atoms with Gasteiger partial charge in [-0.3, -0.25) is 4.79 Å². The number of carbonyl (C=O) groups excluding carboxylic acids is 1. The molecule has 1 atom stereocenters. The van der Waals surface area contributed by atoms with Crippen LogP contribution in [-0.4, -0.2) is 46.4 Å². The van der Waals surface area contributed by atoms with Crippen molar-refractivity contribution in [3.05, 3.63) is 60.2 Å². The van der Waals surface area contributed by atoms with Gasteiger partial charge in [0.05, 0.1) is 18.8 Å². The fourth-order valence-corrected chi connectivity index (χ4v) is 3.68. The molecule has 0 aromatic heterocycles. The molecule has 1 N–H and O–H groups in total. The van der Waals surface area contributed by atoms with Gasteiger partial charge in [0.15, 0.2) is 0 Å². The number of methoxy groups -OCH3 is 1. The molecular formula is C19H25N3O4S. The Morgan fingerprint density at radius 3 is 2.26 bits per heavy atom. The highest BCUT2D eigenvalue weighted by atomic mass is 32.2. The van der Waals surface area contributed by atoms with Crippen LogP contribution in [0.5, 0.6) is 5.75 Å². The summed E-state index contributed by atoms with van der Waals surface area (Å²) in [6.45, 7) is 1.49. The number of anilines is 1. The second-order valence-corrected chi connectivity index (χ2v) is 8.23. The average molecular weight is 391 g/mol. The van der Waals surface area contributed by atoms with Crippen molar-refractivity contribution in [3.63, 3.8) is 0 Å². The summed E-state index contributed by atoms with van der Waals surface area (Å²) in [5.74, 6) is 0.244. The zero-order valence-corrected chi connectivity index (χ0v) is 16.7. The molecule has 0 unspecified atom stereocenters. The Hall–Kier alpha value is -2.58. The summed E-state index contributed by atoms with van der Waals surface area (Å²) in [6, 6.07) is 15.6. The number of hydrogen-bond acceptors (Lipinski definition) is 4. The minimum atomic E-state index is -3.82. The first kappa shape index (κ1) is 20.7. The third-order valence-corrected chi connectivity index (χ3v) is 5.87. The summed E-state index contributed by atoms with van der Waals surface area (Å²) in [7, 11) is 0.607. The van der Waals surface area contributed by atoms with E-state index in [1.165, 1.54) is 14.1 Å². The van der Waals surface area contributed by atoms with Crippen molar-refractivity contribution in [1.29, 1.82) is 0 Å². The molecule has 8 heteroatoms. The Balaban J connectivity index is 2.21. The second kappa shape index (κ2) is 8.88. The smallest absolute Gasteiger partial charge is 0.304 e. The van der Waals surface area contributed by atoms with Crippen molar-refractivity contribution < 1.29 is 17.9 Å². The zero-order chi connectivity index (χ0) is 20.0. The van der Waals surface area contributed by atoms with Crippen LogP contribution < -0.4 is 14.4 Å². The van der Waals surface area contributed by atoms with Gasteiger partial charge in [-0.1, -0.05) is 36.4 Å². The molecule has 0 spiro atoms. The maximum Gasteiger partial charge on any atom is 0.304 e. The molecular weight excluding hydrogens is 366 g/mol. The van der Waals surface area contributed by atoms with Crippen LogP contribution >= 0.6 is 0 Å². The van der Waals surface area contributed by atoms with Crippen LogP contribution in [0.1, 0.15) is 18.5 Å². The highest BCUT2D eigenvalue weighted by Gasteiger charge is 2.27. The standard InChI is InChI=1S/C19H25N3O4S/c1-15(17-12-8-9-13-18(17)26-4)20-19(23)14-22(27(24,25)21(2)3)16-10-6-5-7-11-16/h5-13,15H,14H2,1-4H3,(H,20,23)/t15-/m1/s1. The number of nitrogens with one attached hydrogen (secondary N) is 1. The first-order chi connectivity index (χ1) is 12.8. The van der Waals surface area contributed by atoms with E-state index in [1.54, 1.807) is 37.4 Å². The molecule has 2 rings (SSSR count). The second-order valence-electron chi connectivity index (χ2n) is 6.16. The van der Waals surface area contributed by atoms with Gasteiger partial charge in [-0.15, -0.1) is 0 Å². The summed E-state index contributed by atoms with van der Waals surface area (Å²) in [6.07, 6.45) is 0. The molecule has 2 aromatic carbocycles. The molecule has 0 radical (unpaired) electrons. The van der Waals surface area contributed by atoms with Gasteiger partial charge in [-0.05, 0) is 25.1 Å². The number of amides is 1. The van der Waals surface area contributed by atoms with E-state index < -0.39 is 16.1 Å². The lowest BCUT2D eigenvalue weighted by atomic mass is 10.1. The third kappa shape index (κ3) is 4.99. The van der Waals surface area contributed by atoms with Crippen LogP contribution in [0.25, 0.3) is 0 Å². The largest absolute Gasteiger partial charge is 0.496 e. The minimum Gasteiger partial charge on any atom is -0.496 e. The fraction of sp³-hybridized carbons (Fsp3) is 0.316. The van der Waals surface area contributed by atoms with Gasteiger partial charge < -0.3 is 10.1 Å². The fourth-order valence-electron chi connectivity index (χ4n) is 2.62. The number of para-hydroxylation sites is 2. The van der Waals surface area contributed by atoms with Crippen molar-refractivity contribution in [3.8, 4) is 5.75 Å². The van der Waals surface area contributed by atoms with E-state index >= 15 is 0 Å². The monoisotopic (exact) mass is 391 g/mol. The molecule has 7 nitrogen and oxygen atoms in total. The number of nitrogens with zero attached hydrogens (tertiary/aromatic N) is 2. The first-order valence-corrected chi connectivity index (χ1v) is 9.84. The summed E-state index contributed by atoms with van der Waals surface area (Å²) in [4.78, 5) is 12.6. The van der Waals surface area contributed by atoms with Crippen molar-refractivity contribution in [2.24, 2.45) is 0 Å². The maximum atomic E-state index is 12.7. The van der Waals surface area contributed by atoms with Gasteiger partial charge in [-0.2, -0.15) is 12.7 Å². The average Bonchev–Trinajstić information content (AvgIpc) is 2.66. The summed E-state index contributed by atoms with van der Waals surface area (Å²) >= 11 is 0. The zero-order valence-electron chi connectivity index (χ0n) is 15.9. The van der Waals surface area contributed by atoms with E-state index in [-0.39, 0.29) is 12.6 Å². The van der Waals surface area contributed by atoms with Crippen LogP contribution in [-0.2, 0) is 15.0 Å². The van der Waals surface area contributed by atoms with Crippen LogP contribution in [0.4, 0.5) is 5.69 Å².